The average molecular weight is 292 g/mol. The Hall–Kier alpha value is -1.53. The number of benzene rings is 1. The molecule has 1 unspecified atom stereocenters. The smallest absolute Gasteiger partial charge is 0.208 e. The minimum atomic E-state index is 0.315. The highest BCUT2D eigenvalue weighted by Gasteiger charge is 2.10. The maximum atomic E-state index is 5.42. The lowest BCUT2D eigenvalue weighted by Crippen LogP contribution is -2.12. The Balaban J connectivity index is 2.15. The zero-order valence-corrected chi connectivity index (χ0v) is 13.0. The molecule has 0 saturated carbocycles. The number of H-pyrrole nitrogens is 1. The Morgan fingerprint density at radius 1 is 1.45 bits per heavy atom. The molecule has 0 aliphatic rings. The van der Waals surface area contributed by atoms with E-state index in [4.69, 9.17) is 4.74 Å². The molecule has 0 aliphatic heterocycles. The van der Waals surface area contributed by atoms with E-state index in [0.717, 1.165) is 28.0 Å². The van der Waals surface area contributed by atoms with Gasteiger partial charge in [-0.1, -0.05) is 17.8 Å². The van der Waals surface area contributed by atoms with Crippen molar-refractivity contribution < 1.29 is 4.74 Å². The van der Waals surface area contributed by atoms with Gasteiger partial charge in [-0.25, -0.2) is 4.98 Å². The van der Waals surface area contributed by atoms with Gasteiger partial charge in [-0.05, 0) is 38.6 Å². The zero-order chi connectivity index (χ0) is 14.5. The number of aromatic nitrogens is 3. The molecule has 0 radical (unpaired) electrons. The Kier molecular flexibility index (Phi) is 5.03. The SMILES string of the molecule is CNC(C)c1ccc(OC)c(CSc2n[nH]c(C)n2)c1. The van der Waals surface area contributed by atoms with Crippen molar-refractivity contribution in [3.8, 4) is 5.75 Å². The van der Waals surface area contributed by atoms with Gasteiger partial charge in [0.1, 0.15) is 11.6 Å². The van der Waals surface area contributed by atoms with Crippen molar-refractivity contribution in [2.24, 2.45) is 0 Å². The fraction of sp³-hybridized carbons (Fsp3) is 0.429. The molecule has 6 heteroatoms. The number of thioether (sulfide) groups is 1. The predicted molar refractivity (Wildman–Crippen MR) is 81.1 cm³/mol. The summed E-state index contributed by atoms with van der Waals surface area (Å²) >= 11 is 1.60. The maximum absolute atomic E-state index is 5.42. The molecule has 2 N–H and O–H groups in total. The summed E-state index contributed by atoms with van der Waals surface area (Å²) in [6, 6.07) is 6.59. The van der Waals surface area contributed by atoms with Crippen LogP contribution in [0.25, 0.3) is 0 Å². The highest BCUT2D eigenvalue weighted by molar-refractivity contribution is 7.98. The number of hydrogen-bond donors (Lipinski definition) is 2. The van der Waals surface area contributed by atoms with Crippen LogP contribution in [0.15, 0.2) is 23.4 Å². The van der Waals surface area contributed by atoms with Crippen molar-refractivity contribution in [3.05, 3.63) is 35.2 Å². The van der Waals surface area contributed by atoms with Crippen LogP contribution in [-0.4, -0.2) is 29.3 Å². The molecule has 1 heterocycles. The molecule has 1 aromatic carbocycles. The number of aryl methyl sites for hydroxylation is 1. The fourth-order valence-electron chi connectivity index (χ4n) is 1.88. The van der Waals surface area contributed by atoms with Gasteiger partial charge in [-0.2, -0.15) is 0 Å². The second-order valence-corrected chi connectivity index (χ2v) is 5.52. The summed E-state index contributed by atoms with van der Waals surface area (Å²) in [6.45, 7) is 4.03. The Morgan fingerprint density at radius 2 is 2.25 bits per heavy atom. The minimum Gasteiger partial charge on any atom is -0.496 e. The first kappa shape index (κ1) is 14.9. The lowest BCUT2D eigenvalue weighted by Gasteiger charge is -2.14. The normalized spacial score (nSPS) is 12.4. The first-order chi connectivity index (χ1) is 9.63. The third-order valence-electron chi connectivity index (χ3n) is 3.17. The number of ether oxygens (including phenoxy) is 1. The molecular formula is C14H20N4OS. The molecule has 1 atom stereocenters. The highest BCUT2D eigenvalue weighted by Crippen LogP contribution is 2.28. The van der Waals surface area contributed by atoms with Crippen molar-refractivity contribution in [2.75, 3.05) is 14.2 Å². The number of aromatic amines is 1. The summed E-state index contributed by atoms with van der Waals surface area (Å²) in [5, 5.41) is 11.0. The Labute approximate surface area is 123 Å². The molecule has 0 spiro atoms. The van der Waals surface area contributed by atoms with Gasteiger partial charge < -0.3 is 10.1 Å². The average Bonchev–Trinajstić information content (AvgIpc) is 2.89. The first-order valence-electron chi connectivity index (χ1n) is 6.50. The molecule has 1 aromatic heterocycles. The van der Waals surface area contributed by atoms with Gasteiger partial charge in [-0.3, -0.25) is 5.10 Å². The molecule has 5 nitrogen and oxygen atoms in total. The van der Waals surface area contributed by atoms with E-state index in [1.54, 1.807) is 18.9 Å². The van der Waals surface area contributed by atoms with Crippen molar-refractivity contribution >= 4 is 11.8 Å². The van der Waals surface area contributed by atoms with Crippen LogP contribution >= 0.6 is 11.8 Å². The van der Waals surface area contributed by atoms with Gasteiger partial charge in [0.15, 0.2) is 0 Å². The third kappa shape index (κ3) is 3.52. The van der Waals surface area contributed by atoms with Crippen LogP contribution in [0.1, 0.15) is 29.9 Å². The van der Waals surface area contributed by atoms with E-state index in [1.165, 1.54) is 5.56 Å². The van der Waals surface area contributed by atoms with Crippen LogP contribution in [0.5, 0.6) is 5.75 Å². The highest BCUT2D eigenvalue weighted by atomic mass is 32.2. The lowest BCUT2D eigenvalue weighted by molar-refractivity contribution is 0.411. The fourth-order valence-corrected chi connectivity index (χ4v) is 2.70. The molecule has 20 heavy (non-hydrogen) atoms. The van der Waals surface area contributed by atoms with Crippen molar-refractivity contribution in [3.63, 3.8) is 0 Å². The van der Waals surface area contributed by atoms with Crippen molar-refractivity contribution in [2.45, 2.75) is 30.8 Å². The lowest BCUT2D eigenvalue weighted by atomic mass is 10.1. The first-order valence-corrected chi connectivity index (χ1v) is 7.48. The molecule has 2 aromatic rings. The topological polar surface area (TPSA) is 62.8 Å². The number of nitrogens with zero attached hydrogens (tertiary/aromatic N) is 2. The van der Waals surface area contributed by atoms with E-state index in [2.05, 4.69) is 39.6 Å². The summed E-state index contributed by atoms with van der Waals surface area (Å²) in [5.41, 5.74) is 2.40. The third-order valence-corrected chi connectivity index (χ3v) is 4.07. The van der Waals surface area contributed by atoms with E-state index in [9.17, 15) is 0 Å². The van der Waals surface area contributed by atoms with E-state index in [1.807, 2.05) is 20.0 Å². The quantitative estimate of drug-likeness (QED) is 0.802. The Bertz CT molecular complexity index is 570. The summed E-state index contributed by atoms with van der Waals surface area (Å²) in [4.78, 5) is 4.30. The van der Waals surface area contributed by atoms with Crippen LogP contribution in [0, 0.1) is 6.92 Å². The molecule has 0 saturated heterocycles. The maximum Gasteiger partial charge on any atom is 0.208 e. The van der Waals surface area contributed by atoms with Crippen molar-refractivity contribution in [1.82, 2.24) is 20.5 Å². The molecule has 0 fully saturated rings. The van der Waals surface area contributed by atoms with Gasteiger partial charge in [0, 0.05) is 17.4 Å². The van der Waals surface area contributed by atoms with Gasteiger partial charge in [0.25, 0.3) is 0 Å². The van der Waals surface area contributed by atoms with Crippen LogP contribution in [0.4, 0.5) is 0 Å². The standard InChI is InChI=1S/C14H20N4OS/c1-9(15-3)11-5-6-13(19-4)12(7-11)8-20-14-16-10(2)17-18-14/h5-7,9,15H,8H2,1-4H3,(H,16,17,18). The summed E-state index contributed by atoms with van der Waals surface area (Å²) in [6.07, 6.45) is 0. The van der Waals surface area contributed by atoms with Crippen molar-refractivity contribution in [1.29, 1.82) is 0 Å². The van der Waals surface area contributed by atoms with E-state index < -0.39 is 0 Å². The van der Waals surface area contributed by atoms with Gasteiger partial charge in [-0.15, -0.1) is 5.10 Å². The van der Waals surface area contributed by atoms with Crippen LogP contribution < -0.4 is 10.1 Å². The molecule has 0 aliphatic carbocycles. The van der Waals surface area contributed by atoms with Crippen LogP contribution in [-0.2, 0) is 5.75 Å². The van der Waals surface area contributed by atoms with E-state index in [0.29, 0.717) is 6.04 Å². The molecule has 0 bridgehead atoms. The summed E-state index contributed by atoms with van der Waals surface area (Å²) in [5.74, 6) is 2.51. The molecule has 108 valence electrons. The Morgan fingerprint density at radius 3 is 2.85 bits per heavy atom. The van der Waals surface area contributed by atoms with Gasteiger partial charge in [0.2, 0.25) is 5.16 Å². The number of rotatable bonds is 6. The largest absolute Gasteiger partial charge is 0.496 e. The van der Waals surface area contributed by atoms with Crippen LogP contribution in [0.3, 0.4) is 0 Å². The minimum absolute atomic E-state index is 0.315. The summed E-state index contributed by atoms with van der Waals surface area (Å²) in [7, 11) is 3.65. The van der Waals surface area contributed by atoms with Gasteiger partial charge >= 0.3 is 0 Å². The predicted octanol–water partition coefficient (Wildman–Crippen LogP) is 2.69. The number of hydrogen-bond acceptors (Lipinski definition) is 5. The molecule has 0 amide bonds. The second kappa shape index (κ2) is 6.76. The number of methoxy groups -OCH3 is 1. The molecular weight excluding hydrogens is 272 g/mol. The number of nitrogens with one attached hydrogen (secondary N) is 2. The van der Waals surface area contributed by atoms with E-state index in [-0.39, 0.29) is 0 Å². The molecule has 2 rings (SSSR count). The van der Waals surface area contributed by atoms with Crippen LogP contribution in [0.2, 0.25) is 0 Å². The van der Waals surface area contributed by atoms with E-state index >= 15 is 0 Å². The zero-order valence-electron chi connectivity index (χ0n) is 12.2. The van der Waals surface area contributed by atoms with Gasteiger partial charge in [0.05, 0.1) is 7.11 Å². The summed E-state index contributed by atoms with van der Waals surface area (Å²) < 4.78 is 5.42. The monoisotopic (exact) mass is 292 g/mol. The second-order valence-electron chi connectivity index (χ2n) is 4.57.